The zero-order chi connectivity index (χ0) is 24.9. The van der Waals surface area contributed by atoms with E-state index in [1.54, 1.807) is 6.07 Å². The molecule has 2 aromatic carbocycles. The second kappa shape index (κ2) is 11.2. The lowest BCUT2D eigenvalue weighted by molar-refractivity contribution is 0.629. The first-order valence-corrected chi connectivity index (χ1v) is 12.5. The van der Waals surface area contributed by atoms with E-state index < -0.39 is 5.82 Å². The summed E-state index contributed by atoms with van der Waals surface area (Å²) in [7, 11) is 1.94. The summed E-state index contributed by atoms with van der Waals surface area (Å²) in [5.74, 6) is 0.704. The molecule has 2 heterocycles. The van der Waals surface area contributed by atoms with Crippen LogP contribution in [0.2, 0.25) is 5.02 Å². The van der Waals surface area contributed by atoms with Crippen LogP contribution in [0.1, 0.15) is 21.7 Å². The molecule has 35 heavy (non-hydrogen) atoms. The van der Waals surface area contributed by atoms with Crippen LogP contribution in [0.3, 0.4) is 0 Å². The van der Waals surface area contributed by atoms with Gasteiger partial charge in [0.05, 0.1) is 16.4 Å². The molecule has 0 saturated carbocycles. The van der Waals surface area contributed by atoms with Crippen molar-refractivity contribution in [1.29, 1.82) is 0 Å². The average Bonchev–Trinajstić information content (AvgIpc) is 3.18. The van der Waals surface area contributed by atoms with E-state index >= 15 is 0 Å². The van der Waals surface area contributed by atoms with Gasteiger partial charge in [-0.05, 0) is 69.2 Å². The molecule has 0 unspecified atom stereocenters. The Hall–Kier alpha value is -2.91. The highest BCUT2D eigenvalue weighted by atomic mass is 35.5. The van der Waals surface area contributed by atoms with Crippen molar-refractivity contribution >= 4 is 34.6 Å². The van der Waals surface area contributed by atoms with Gasteiger partial charge < -0.3 is 16.0 Å². The summed E-state index contributed by atoms with van der Waals surface area (Å²) in [6.07, 6.45) is 0. The van der Waals surface area contributed by atoms with Crippen LogP contribution < -0.4 is 16.0 Å². The molecule has 0 aliphatic rings. The highest BCUT2D eigenvalue weighted by Gasteiger charge is 2.19. The Labute approximate surface area is 214 Å². The minimum absolute atomic E-state index is 0.0760. The molecule has 0 fully saturated rings. The lowest BCUT2D eigenvalue weighted by Gasteiger charge is -2.15. The molecule has 4 rings (SSSR count). The number of hydrogen-bond acceptors (Lipinski definition) is 7. The van der Waals surface area contributed by atoms with E-state index in [1.807, 2.05) is 40.0 Å². The maximum atomic E-state index is 14.1. The highest BCUT2D eigenvalue weighted by molar-refractivity contribution is 7.06. The van der Waals surface area contributed by atoms with E-state index in [9.17, 15) is 4.39 Å². The van der Waals surface area contributed by atoms with Crippen molar-refractivity contribution in [1.82, 2.24) is 25.0 Å². The quantitative estimate of drug-likeness (QED) is 0.238. The molecule has 9 heteroatoms. The molecular formula is C26H28ClFN6S. The van der Waals surface area contributed by atoms with Gasteiger partial charge >= 0.3 is 0 Å². The SMILES string of the molecule is CNCCNCc1cccc(-c2nc(Nc3ccc(Cl)c(F)c3)c(C)c(-c3c(C)nsc3C)n2)c1. The van der Waals surface area contributed by atoms with Crippen molar-refractivity contribution in [3.8, 4) is 22.6 Å². The van der Waals surface area contributed by atoms with Gasteiger partial charge in [-0.3, -0.25) is 0 Å². The Morgan fingerprint density at radius 3 is 2.57 bits per heavy atom. The number of nitrogens with zero attached hydrogens (tertiary/aromatic N) is 3. The molecule has 6 nitrogen and oxygen atoms in total. The molecule has 0 radical (unpaired) electrons. The Kier molecular flexibility index (Phi) is 8.07. The predicted octanol–water partition coefficient (Wildman–Crippen LogP) is 6.04. The summed E-state index contributed by atoms with van der Waals surface area (Å²) in [6.45, 7) is 8.52. The topological polar surface area (TPSA) is 74.8 Å². The van der Waals surface area contributed by atoms with Gasteiger partial charge in [0.25, 0.3) is 0 Å². The van der Waals surface area contributed by atoms with Gasteiger partial charge in [0.1, 0.15) is 11.6 Å². The van der Waals surface area contributed by atoms with Crippen LogP contribution in [0.25, 0.3) is 22.6 Å². The lowest BCUT2D eigenvalue weighted by atomic mass is 10.0. The van der Waals surface area contributed by atoms with E-state index in [0.717, 1.165) is 58.2 Å². The molecule has 0 spiro atoms. The smallest absolute Gasteiger partial charge is 0.162 e. The van der Waals surface area contributed by atoms with Crippen molar-refractivity contribution in [2.75, 3.05) is 25.5 Å². The third kappa shape index (κ3) is 5.85. The molecule has 182 valence electrons. The first kappa shape index (κ1) is 25.2. The van der Waals surface area contributed by atoms with E-state index in [2.05, 4.69) is 32.5 Å². The summed E-state index contributed by atoms with van der Waals surface area (Å²) in [5, 5.41) is 9.90. The molecule has 2 aromatic heterocycles. The van der Waals surface area contributed by atoms with Crippen LogP contribution in [0, 0.1) is 26.6 Å². The molecule has 0 bridgehead atoms. The van der Waals surface area contributed by atoms with Crippen molar-refractivity contribution in [2.45, 2.75) is 27.3 Å². The summed E-state index contributed by atoms with van der Waals surface area (Å²) in [4.78, 5) is 10.9. The first-order chi connectivity index (χ1) is 16.9. The molecule has 0 atom stereocenters. The van der Waals surface area contributed by atoms with Gasteiger partial charge in [0, 0.05) is 46.9 Å². The van der Waals surface area contributed by atoms with Crippen molar-refractivity contribution in [3.05, 3.63) is 75.0 Å². The fourth-order valence-corrected chi connectivity index (χ4v) is 4.63. The molecule has 3 N–H and O–H groups in total. The summed E-state index contributed by atoms with van der Waals surface area (Å²) < 4.78 is 18.6. The van der Waals surface area contributed by atoms with Gasteiger partial charge in [-0.15, -0.1) is 0 Å². The monoisotopic (exact) mass is 510 g/mol. The normalized spacial score (nSPS) is 11.1. The molecule has 0 saturated heterocycles. The molecule has 0 aliphatic carbocycles. The van der Waals surface area contributed by atoms with E-state index in [1.165, 1.54) is 23.7 Å². The maximum absolute atomic E-state index is 14.1. The van der Waals surface area contributed by atoms with Crippen LogP contribution in [-0.2, 0) is 6.54 Å². The predicted molar refractivity (Wildman–Crippen MR) is 143 cm³/mol. The molecule has 0 amide bonds. The Morgan fingerprint density at radius 1 is 1.03 bits per heavy atom. The number of halogens is 2. The number of benzene rings is 2. The van der Waals surface area contributed by atoms with Crippen molar-refractivity contribution in [3.63, 3.8) is 0 Å². The van der Waals surface area contributed by atoms with Crippen LogP contribution in [0.4, 0.5) is 15.9 Å². The van der Waals surface area contributed by atoms with Crippen molar-refractivity contribution < 1.29 is 4.39 Å². The van der Waals surface area contributed by atoms with Gasteiger partial charge in [0.2, 0.25) is 0 Å². The lowest BCUT2D eigenvalue weighted by Crippen LogP contribution is -2.24. The third-order valence-corrected chi connectivity index (χ3v) is 6.81. The number of nitrogens with one attached hydrogen (secondary N) is 3. The average molecular weight is 511 g/mol. The molecule has 0 aliphatic heterocycles. The summed E-state index contributed by atoms with van der Waals surface area (Å²) in [6, 6.07) is 12.8. The summed E-state index contributed by atoms with van der Waals surface area (Å²) >= 11 is 7.33. The fraction of sp³-hybridized carbons (Fsp3) is 0.269. The second-order valence-corrected chi connectivity index (χ2v) is 9.69. The summed E-state index contributed by atoms with van der Waals surface area (Å²) in [5.41, 5.74) is 6.21. The standard InChI is InChI=1S/C26H28ClFN6S/c1-15-24(23-16(2)34-35-17(23)3)32-26(19-7-5-6-18(12-19)14-30-11-10-29-4)33-25(15)31-20-8-9-21(27)22(28)13-20/h5-9,12-13,29-30H,10-11,14H2,1-4H3,(H,31,32,33). The number of hydrogen-bond donors (Lipinski definition) is 3. The van der Waals surface area contributed by atoms with Crippen LogP contribution >= 0.6 is 23.1 Å². The number of likely N-dealkylation sites (N-methyl/N-ethyl adjacent to an activating group) is 1. The number of anilines is 2. The minimum Gasteiger partial charge on any atom is -0.340 e. The van der Waals surface area contributed by atoms with Gasteiger partial charge in [-0.25, -0.2) is 14.4 Å². The number of aryl methyl sites for hydroxylation is 2. The zero-order valence-electron chi connectivity index (χ0n) is 20.2. The van der Waals surface area contributed by atoms with Gasteiger partial charge in [0.15, 0.2) is 5.82 Å². The maximum Gasteiger partial charge on any atom is 0.162 e. The molecule has 4 aromatic rings. The van der Waals surface area contributed by atoms with Crippen LogP contribution in [0.15, 0.2) is 42.5 Å². The van der Waals surface area contributed by atoms with Gasteiger partial charge in [-0.2, -0.15) is 4.37 Å². The van der Waals surface area contributed by atoms with E-state index in [4.69, 9.17) is 21.6 Å². The highest BCUT2D eigenvalue weighted by Crippen LogP contribution is 2.35. The van der Waals surface area contributed by atoms with Crippen LogP contribution in [0.5, 0.6) is 0 Å². The van der Waals surface area contributed by atoms with Gasteiger partial charge in [-0.1, -0.05) is 29.8 Å². The Morgan fingerprint density at radius 2 is 1.86 bits per heavy atom. The fourth-order valence-electron chi connectivity index (χ4n) is 3.81. The molecular weight excluding hydrogens is 483 g/mol. The zero-order valence-corrected chi connectivity index (χ0v) is 21.7. The largest absolute Gasteiger partial charge is 0.340 e. The van der Waals surface area contributed by atoms with Crippen LogP contribution in [-0.4, -0.2) is 34.5 Å². The Bertz CT molecular complexity index is 1320. The third-order valence-electron chi connectivity index (χ3n) is 5.66. The van der Waals surface area contributed by atoms with E-state index in [-0.39, 0.29) is 5.02 Å². The second-order valence-electron chi connectivity index (χ2n) is 8.30. The first-order valence-electron chi connectivity index (χ1n) is 11.4. The number of rotatable bonds is 9. The minimum atomic E-state index is -0.490. The Balaban J connectivity index is 1.78. The van der Waals surface area contributed by atoms with Crippen molar-refractivity contribution in [2.24, 2.45) is 0 Å². The van der Waals surface area contributed by atoms with E-state index in [0.29, 0.717) is 17.3 Å². The number of aromatic nitrogens is 3.